The van der Waals surface area contributed by atoms with Crippen molar-refractivity contribution in [1.82, 2.24) is 5.32 Å². The molecule has 3 aromatic rings. The first-order valence-corrected chi connectivity index (χ1v) is 12.7. The van der Waals surface area contributed by atoms with Gasteiger partial charge >= 0.3 is 0 Å². The van der Waals surface area contributed by atoms with Crippen LogP contribution in [-0.4, -0.2) is 27.0 Å². The fourth-order valence-corrected chi connectivity index (χ4v) is 5.04. The highest BCUT2D eigenvalue weighted by Gasteiger charge is 2.27. The molecular weight excluding hydrogens is 448 g/mol. The third kappa shape index (κ3) is 6.60. The number of carbonyl (C=O) groups is 1. The van der Waals surface area contributed by atoms with Gasteiger partial charge in [0, 0.05) is 6.54 Å². The van der Waals surface area contributed by atoms with Crippen LogP contribution in [0.5, 0.6) is 5.75 Å². The Balaban J connectivity index is 1.84. The Morgan fingerprint density at radius 3 is 2.18 bits per heavy atom. The lowest BCUT2D eigenvalue weighted by molar-refractivity contribution is -0.119. The Morgan fingerprint density at radius 2 is 1.56 bits per heavy atom. The monoisotopic (exact) mass is 480 g/mol. The van der Waals surface area contributed by atoms with E-state index < -0.39 is 15.9 Å². The lowest BCUT2D eigenvalue weighted by Gasteiger charge is -2.25. The second kappa shape index (κ2) is 10.7. The van der Waals surface area contributed by atoms with Gasteiger partial charge in [0.15, 0.2) is 0 Å². The second-order valence-corrected chi connectivity index (χ2v) is 10.6. The molecule has 0 atom stereocenters. The highest BCUT2D eigenvalue weighted by molar-refractivity contribution is 7.92. The van der Waals surface area contributed by atoms with Crippen LogP contribution in [0.4, 0.5) is 5.69 Å². The summed E-state index contributed by atoms with van der Waals surface area (Å²) in [5, 5.41) is 2.84. The van der Waals surface area contributed by atoms with Crippen molar-refractivity contribution >= 4 is 21.6 Å². The molecule has 1 N–H and O–H groups in total. The largest absolute Gasteiger partial charge is 0.491 e. The molecule has 0 heterocycles. The Morgan fingerprint density at radius 1 is 0.912 bits per heavy atom. The Labute approximate surface area is 202 Å². The quantitative estimate of drug-likeness (QED) is 0.472. The van der Waals surface area contributed by atoms with Crippen LogP contribution in [0.2, 0.25) is 0 Å². The van der Waals surface area contributed by atoms with Gasteiger partial charge in [0.1, 0.15) is 12.3 Å². The topological polar surface area (TPSA) is 75.7 Å². The van der Waals surface area contributed by atoms with Crippen molar-refractivity contribution in [3.63, 3.8) is 0 Å². The number of anilines is 1. The number of sulfonamides is 1. The zero-order valence-electron chi connectivity index (χ0n) is 20.3. The summed E-state index contributed by atoms with van der Waals surface area (Å²) in [6.07, 6.45) is 0.0446. The maximum absolute atomic E-state index is 13.6. The number of hydrogen-bond donors (Lipinski definition) is 1. The summed E-state index contributed by atoms with van der Waals surface area (Å²) in [7, 11) is -3.95. The molecule has 3 aromatic carbocycles. The van der Waals surface area contributed by atoms with Gasteiger partial charge in [-0.2, -0.15) is 0 Å². The SMILES string of the molecule is Cc1ccc(S(=O)(=O)N(CC(=O)NCc2cccc(OC(C)C)c2)c2cc(C)cc(C)c2)cc1. The summed E-state index contributed by atoms with van der Waals surface area (Å²) in [5.74, 6) is 0.325. The summed E-state index contributed by atoms with van der Waals surface area (Å²) in [5.41, 5.74) is 4.12. The average molecular weight is 481 g/mol. The molecule has 0 aromatic heterocycles. The number of amides is 1. The van der Waals surface area contributed by atoms with Crippen molar-refractivity contribution < 1.29 is 17.9 Å². The summed E-state index contributed by atoms with van der Waals surface area (Å²) in [6, 6.07) is 19.6. The number of aryl methyl sites for hydroxylation is 3. The highest BCUT2D eigenvalue weighted by Crippen LogP contribution is 2.26. The number of nitrogens with one attached hydrogen (secondary N) is 1. The first-order chi connectivity index (χ1) is 16.0. The van der Waals surface area contributed by atoms with Crippen LogP contribution in [0.15, 0.2) is 71.6 Å². The molecule has 0 radical (unpaired) electrons. The molecule has 0 bridgehead atoms. The number of benzene rings is 3. The average Bonchev–Trinajstić information content (AvgIpc) is 2.75. The van der Waals surface area contributed by atoms with Gasteiger partial charge < -0.3 is 10.1 Å². The number of carbonyl (C=O) groups excluding carboxylic acids is 1. The van der Waals surface area contributed by atoms with Gasteiger partial charge in [-0.05, 0) is 87.7 Å². The smallest absolute Gasteiger partial charge is 0.264 e. The van der Waals surface area contributed by atoms with E-state index in [-0.39, 0.29) is 24.1 Å². The molecule has 0 aliphatic heterocycles. The number of rotatable bonds is 9. The third-order valence-electron chi connectivity index (χ3n) is 5.15. The van der Waals surface area contributed by atoms with Gasteiger partial charge in [-0.3, -0.25) is 9.10 Å². The molecule has 0 spiro atoms. The van der Waals surface area contributed by atoms with E-state index in [0.717, 1.165) is 28.0 Å². The van der Waals surface area contributed by atoms with Gasteiger partial charge in [0.25, 0.3) is 10.0 Å². The van der Waals surface area contributed by atoms with Crippen molar-refractivity contribution in [1.29, 1.82) is 0 Å². The maximum Gasteiger partial charge on any atom is 0.264 e. The van der Waals surface area contributed by atoms with Crippen LogP contribution >= 0.6 is 0 Å². The van der Waals surface area contributed by atoms with Crippen molar-refractivity contribution in [3.8, 4) is 5.75 Å². The summed E-state index contributed by atoms with van der Waals surface area (Å²) >= 11 is 0. The van der Waals surface area contributed by atoms with Gasteiger partial charge in [-0.15, -0.1) is 0 Å². The van der Waals surface area contributed by atoms with Crippen molar-refractivity contribution in [2.75, 3.05) is 10.8 Å². The van der Waals surface area contributed by atoms with Crippen molar-refractivity contribution in [2.24, 2.45) is 0 Å². The van der Waals surface area contributed by atoms with Crippen LogP contribution < -0.4 is 14.4 Å². The number of nitrogens with zero attached hydrogens (tertiary/aromatic N) is 1. The fraction of sp³-hybridized carbons (Fsp3) is 0.296. The molecule has 0 unspecified atom stereocenters. The number of ether oxygens (including phenoxy) is 1. The summed E-state index contributed by atoms with van der Waals surface area (Å²) < 4.78 is 34.0. The van der Waals surface area contributed by atoms with E-state index in [1.807, 2.05) is 65.0 Å². The normalized spacial score (nSPS) is 11.4. The molecule has 180 valence electrons. The molecular formula is C27H32N2O4S. The lowest BCUT2D eigenvalue weighted by atomic mass is 10.1. The summed E-state index contributed by atoms with van der Waals surface area (Å²) in [4.78, 5) is 13.1. The zero-order valence-corrected chi connectivity index (χ0v) is 21.1. The predicted octanol–water partition coefficient (Wildman–Crippen LogP) is 4.91. The van der Waals surface area contributed by atoms with E-state index in [2.05, 4.69) is 5.32 Å². The van der Waals surface area contributed by atoms with Crippen molar-refractivity contribution in [2.45, 2.75) is 52.2 Å². The molecule has 0 saturated heterocycles. The van der Waals surface area contributed by atoms with E-state index in [0.29, 0.717) is 5.69 Å². The van der Waals surface area contributed by atoms with Crippen LogP contribution in [0.1, 0.15) is 36.1 Å². The highest BCUT2D eigenvalue weighted by atomic mass is 32.2. The maximum atomic E-state index is 13.6. The van der Waals surface area contributed by atoms with E-state index in [1.165, 1.54) is 4.31 Å². The van der Waals surface area contributed by atoms with Crippen LogP contribution in [0.3, 0.4) is 0 Å². The molecule has 0 aliphatic carbocycles. The minimum Gasteiger partial charge on any atom is -0.491 e. The molecule has 34 heavy (non-hydrogen) atoms. The molecule has 0 aliphatic rings. The first kappa shape index (κ1) is 25.3. The molecule has 1 amide bonds. The Kier molecular flexibility index (Phi) is 7.99. The first-order valence-electron chi connectivity index (χ1n) is 11.2. The second-order valence-electron chi connectivity index (χ2n) is 8.76. The van der Waals surface area contributed by atoms with Crippen LogP contribution in [-0.2, 0) is 21.4 Å². The minimum atomic E-state index is -3.95. The van der Waals surface area contributed by atoms with E-state index in [1.54, 1.807) is 36.4 Å². The van der Waals surface area contributed by atoms with Gasteiger partial charge in [-0.1, -0.05) is 35.9 Å². The Bertz CT molecular complexity index is 1230. The molecule has 0 saturated carbocycles. The van der Waals surface area contributed by atoms with E-state index in [4.69, 9.17) is 4.74 Å². The zero-order chi connectivity index (χ0) is 24.9. The van der Waals surface area contributed by atoms with E-state index >= 15 is 0 Å². The standard InChI is InChI=1S/C27H32N2O4S/c1-19(2)33-25-8-6-7-23(16-25)17-28-27(30)18-29(24-14-21(4)13-22(5)15-24)34(31,32)26-11-9-20(3)10-12-26/h6-16,19H,17-18H2,1-5H3,(H,28,30). The van der Waals surface area contributed by atoms with Crippen LogP contribution in [0.25, 0.3) is 0 Å². The minimum absolute atomic E-state index is 0.0446. The van der Waals surface area contributed by atoms with Gasteiger partial charge in [0.05, 0.1) is 16.7 Å². The molecule has 0 fully saturated rings. The van der Waals surface area contributed by atoms with Gasteiger partial charge in [-0.25, -0.2) is 8.42 Å². The fourth-order valence-electron chi connectivity index (χ4n) is 3.64. The van der Waals surface area contributed by atoms with Gasteiger partial charge in [0.2, 0.25) is 5.91 Å². The number of hydrogen-bond acceptors (Lipinski definition) is 4. The molecule has 6 nitrogen and oxygen atoms in total. The lowest BCUT2D eigenvalue weighted by Crippen LogP contribution is -2.40. The molecule has 3 rings (SSSR count). The third-order valence-corrected chi connectivity index (χ3v) is 6.94. The predicted molar refractivity (Wildman–Crippen MR) is 136 cm³/mol. The molecule has 7 heteroatoms. The van der Waals surface area contributed by atoms with Crippen LogP contribution in [0, 0.1) is 20.8 Å². The van der Waals surface area contributed by atoms with E-state index in [9.17, 15) is 13.2 Å². The van der Waals surface area contributed by atoms with Crippen molar-refractivity contribution in [3.05, 3.63) is 89.0 Å². The Hall–Kier alpha value is -3.32. The summed E-state index contributed by atoms with van der Waals surface area (Å²) in [6.45, 7) is 9.53.